The van der Waals surface area contributed by atoms with E-state index in [4.69, 9.17) is 5.73 Å². The highest BCUT2D eigenvalue weighted by molar-refractivity contribution is 5.35. The molecule has 3 nitrogen and oxygen atoms in total. The maximum absolute atomic E-state index is 12.8. The Kier molecular flexibility index (Phi) is 2.87. The van der Waals surface area contributed by atoms with Crippen LogP contribution >= 0.6 is 0 Å². The fourth-order valence-corrected chi connectivity index (χ4v) is 2.40. The van der Waals surface area contributed by atoms with E-state index in [-0.39, 0.29) is 24.9 Å². The van der Waals surface area contributed by atoms with Gasteiger partial charge in [0, 0.05) is 18.2 Å². The lowest BCUT2D eigenvalue weighted by Crippen LogP contribution is -2.50. The minimum Gasteiger partial charge on any atom is -0.393 e. The highest BCUT2D eigenvalue weighted by Gasteiger charge is 2.49. The maximum Gasteiger partial charge on any atom is 0.433 e. The Morgan fingerprint density at radius 2 is 2.12 bits per heavy atom. The molecule has 0 aliphatic heterocycles. The summed E-state index contributed by atoms with van der Waals surface area (Å²) in [5.41, 5.74) is 4.00. The van der Waals surface area contributed by atoms with Crippen molar-refractivity contribution < 1.29 is 18.3 Å². The van der Waals surface area contributed by atoms with E-state index in [0.29, 0.717) is 0 Å². The van der Waals surface area contributed by atoms with Crippen LogP contribution in [0.2, 0.25) is 0 Å². The van der Waals surface area contributed by atoms with Crippen LogP contribution in [-0.4, -0.2) is 22.7 Å². The van der Waals surface area contributed by atoms with Gasteiger partial charge in [-0.05, 0) is 24.5 Å². The van der Waals surface area contributed by atoms with Gasteiger partial charge in [-0.25, -0.2) is 0 Å². The molecule has 94 valence electrons. The van der Waals surface area contributed by atoms with Gasteiger partial charge in [-0.15, -0.1) is 0 Å². The van der Waals surface area contributed by atoms with Crippen LogP contribution in [0.3, 0.4) is 0 Å². The van der Waals surface area contributed by atoms with Crippen molar-refractivity contribution in [2.75, 3.05) is 6.54 Å². The van der Waals surface area contributed by atoms with Gasteiger partial charge in [0.2, 0.25) is 0 Å². The van der Waals surface area contributed by atoms with Crippen LogP contribution in [0.15, 0.2) is 18.3 Å². The molecule has 0 atom stereocenters. The second-order valence-corrected chi connectivity index (χ2v) is 4.44. The molecule has 0 aromatic carbocycles. The van der Waals surface area contributed by atoms with Gasteiger partial charge in [0.15, 0.2) is 0 Å². The summed E-state index contributed by atoms with van der Waals surface area (Å²) < 4.78 is 38.4. The monoisotopic (exact) mass is 246 g/mol. The smallest absolute Gasteiger partial charge is 0.393 e. The Hall–Kier alpha value is -1.14. The quantitative estimate of drug-likeness (QED) is 0.830. The van der Waals surface area contributed by atoms with Crippen molar-refractivity contribution in [1.82, 2.24) is 4.98 Å². The number of nitrogens with two attached hydrogens (primary N) is 1. The Morgan fingerprint density at radius 3 is 2.59 bits per heavy atom. The normalized spacial score (nSPS) is 28.9. The second kappa shape index (κ2) is 3.96. The predicted octanol–water partition coefficient (Wildman–Crippen LogP) is 1.45. The van der Waals surface area contributed by atoms with E-state index in [2.05, 4.69) is 4.98 Å². The van der Waals surface area contributed by atoms with E-state index < -0.39 is 23.4 Å². The zero-order valence-corrected chi connectivity index (χ0v) is 9.04. The number of hydrogen-bond donors (Lipinski definition) is 2. The average molecular weight is 246 g/mol. The third-order valence-electron chi connectivity index (χ3n) is 3.29. The molecule has 0 radical (unpaired) electrons. The summed E-state index contributed by atoms with van der Waals surface area (Å²) in [5, 5.41) is 9.31. The van der Waals surface area contributed by atoms with Gasteiger partial charge in [0.25, 0.3) is 0 Å². The molecule has 0 amide bonds. The van der Waals surface area contributed by atoms with Crippen LogP contribution in [0.25, 0.3) is 0 Å². The number of hydrogen-bond acceptors (Lipinski definition) is 3. The van der Waals surface area contributed by atoms with E-state index in [0.717, 1.165) is 6.20 Å². The van der Waals surface area contributed by atoms with Crippen molar-refractivity contribution in [2.24, 2.45) is 5.73 Å². The minimum absolute atomic E-state index is 0.0822. The van der Waals surface area contributed by atoms with Crippen molar-refractivity contribution >= 4 is 0 Å². The van der Waals surface area contributed by atoms with Crippen LogP contribution in [-0.2, 0) is 11.6 Å². The van der Waals surface area contributed by atoms with Crippen molar-refractivity contribution in [3.8, 4) is 0 Å². The molecule has 2 rings (SSSR count). The largest absolute Gasteiger partial charge is 0.433 e. The fourth-order valence-electron chi connectivity index (χ4n) is 2.40. The summed E-state index contributed by atoms with van der Waals surface area (Å²) in [4.78, 5) is 3.41. The lowest BCUT2D eigenvalue weighted by molar-refractivity contribution is -0.143. The number of rotatable bonds is 2. The molecule has 0 spiro atoms. The molecular weight excluding hydrogens is 233 g/mol. The molecule has 1 heterocycles. The SMILES string of the molecule is NCC1(c2cccnc2C(F)(F)F)CC(O)C1. The summed E-state index contributed by atoms with van der Waals surface area (Å²) in [6.45, 7) is 0.0822. The molecule has 1 fully saturated rings. The molecule has 0 bridgehead atoms. The molecule has 3 N–H and O–H groups in total. The molecule has 1 saturated carbocycles. The van der Waals surface area contributed by atoms with E-state index in [1.165, 1.54) is 12.1 Å². The Labute approximate surface area is 96.5 Å². The standard InChI is InChI=1S/C11H13F3N2O/c12-11(13,14)9-8(2-1-3-16-9)10(6-15)4-7(17)5-10/h1-3,7,17H,4-6,15H2. The zero-order chi connectivity index (χ0) is 12.7. The second-order valence-electron chi connectivity index (χ2n) is 4.44. The number of aromatic nitrogens is 1. The van der Waals surface area contributed by atoms with E-state index in [1.54, 1.807) is 0 Å². The molecule has 0 unspecified atom stereocenters. The van der Waals surface area contributed by atoms with Crippen molar-refractivity contribution in [1.29, 1.82) is 0 Å². The third kappa shape index (κ3) is 2.02. The number of aliphatic hydroxyl groups excluding tert-OH is 1. The first-order chi connectivity index (χ1) is 7.89. The average Bonchev–Trinajstić information content (AvgIpc) is 2.23. The Bertz CT molecular complexity index is 413. The summed E-state index contributed by atoms with van der Waals surface area (Å²) in [5.74, 6) is 0. The van der Waals surface area contributed by atoms with Crippen LogP contribution in [0.4, 0.5) is 13.2 Å². The van der Waals surface area contributed by atoms with E-state index in [9.17, 15) is 18.3 Å². The lowest BCUT2D eigenvalue weighted by atomic mass is 9.62. The number of alkyl halides is 3. The molecule has 1 aliphatic carbocycles. The summed E-state index contributed by atoms with van der Waals surface area (Å²) in [6, 6.07) is 2.86. The third-order valence-corrected chi connectivity index (χ3v) is 3.29. The zero-order valence-electron chi connectivity index (χ0n) is 9.04. The van der Waals surface area contributed by atoms with Crippen molar-refractivity contribution in [3.63, 3.8) is 0 Å². The van der Waals surface area contributed by atoms with E-state index >= 15 is 0 Å². The van der Waals surface area contributed by atoms with Gasteiger partial charge in [-0.1, -0.05) is 6.07 Å². The predicted molar refractivity (Wildman–Crippen MR) is 55.2 cm³/mol. The minimum atomic E-state index is -4.49. The maximum atomic E-state index is 12.8. The number of aliphatic hydroxyl groups is 1. The molecule has 17 heavy (non-hydrogen) atoms. The molecule has 1 aromatic heterocycles. The number of pyridine rings is 1. The molecular formula is C11H13F3N2O. The number of nitrogens with zero attached hydrogens (tertiary/aromatic N) is 1. The van der Waals surface area contributed by atoms with E-state index in [1.807, 2.05) is 0 Å². The summed E-state index contributed by atoms with van der Waals surface area (Å²) in [7, 11) is 0. The van der Waals surface area contributed by atoms with Crippen molar-refractivity contribution in [2.45, 2.75) is 30.5 Å². The Balaban J connectivity index is 2.45. The lowest BCUT2D eigenvalue weighted by Gasteiger charge is -2.45. The molecule has 1 aliphatic rings. The van der Waals surface area contributed by atoms with Gasteiger partial charge < -0.3 is 10.8 Å². The van der Waals surface area contributed by atoms with Crippen LogP contribution in [0, 0.1) is 0 Å². The molecule has 6 heteroatoms. The van der Waals surface area contributed by atoms with Crippen molar-refractivity contribution in [3.05, 3.63) is 29.6 Å². The van der Waals surface area contributed by atoms with Crippen LogP contribution in [0.1, 0.15) is 24.1 Å². The fraction of sp³-hybridized carbons (Fsp3) is 0.545. The molecule has 0 saturated heterocycles. The highest BCUT2D eigenvalue weighted by atomic mass is 19.4. The van der Waals surface area contributed by atoms with Gasteiger partial charge >= 0.3 is 6.18 Å². The first-order valence-electron chi connectivity index (χ1n) is 5.30. The Morgan fingerprint density at radius 1 is 1.47 bits per heavy atom. The topological polar surface area (TPSA) is 59.1 Å². The van der Waals surface area contributed by atoms with Gasteiger partial charge in [-0.3, -0.25) is 4.98 Å². The highest BCUT2D eigenvalue weighted by Crippen LogP contribution is 2.46. The van der Waals surface area contributed by atoms with Gasteiger partial charge in [-0.2, -0.15) is 13.2 Å². The van der Waals surface area contributed by atoms with Gasteiger partial charge in [0.05, 0.1) is 6.10 Å². The first kappa shape index (κ1) is 12.3. The van der Waals surface area contributed by atoms with Crippen LogP contribution < -0.4 is 5.73 Å². The summed E-state index contributed by atoms with van der Waals surface area (Å²) in [6.07, 6.45) is -3.42. The molecule has 1 aromatic rings. The van der Waals surface area contributed by atoms with Gasteiger partial charge in [0.1, 0.15) is 5.69 Å². The number of halogens is 3. The summed E-state index contributed by atoms with van der Waals surface area (Å²) >= 11 is 0. The first-order valence-corrected chi connectivity index (χ1v) is 5.30. The van der Waals surface area contributed by atoms with Crippen LogP contribution in [0.5, 0.6) is 0 Å².